The van der Waals surface area contributed by atoms with Crippen LogP contribution in [0, 0.1) is 5.41 Å². The van der Waals surface area contributed by atoms with Crippen LogP contribution in [-0.4, -0.2) is 12.4 Å². The van der Waals surface area contributed by atoms with Gasteiger partial charge < -0.3 is 9.83 Å². The zero-order chi connectivity index (χ0) is 11.4. The van der Waals surface area contributed by atoms with Crippen LogP contribution in [0.1, 0.15) is 11.5 Å². The summed E-state index contributed by atoms with van der Waals surface area (Å²) in [6, 6.07) is 10.7. The Morgan fingerprint density at radius 3 is 2.69 bits per heavy atom. The maximum atomic E-state index is 7.00. The molecule has 0 spiro atoms. The van der Waals surface area contributed by atoms with E-state index in [1.54, 1.807) is 30.5 Å². The van der Waals surface area contributed by atoms with Gasteiger partial charge in [-0.15, -0.1) is 0 Å². The molecule has 2 rings (SSSR count). The molecule has 0 aliphatic rings. The summed E-state index contributed by atoms with van der Waals surface area (Å²) in [6.07, 6.45) is 2.75. The zero-order valence-electron chi connectivity index (χ0n) is 8.35. The first-order valence-corrected chi connectivity index (χ1v) is 5.06. The van der Waals surface area contributed by atoms with Gasteiger partial charge in [-0.25, -0.2) is 0 Å². The third-order valence-electron chi connectivity index (χ3n) is 1.94. The maximum Gasteiger partial charge on any atom is 0.145 e. The minimum absolute atomic E-state index is 0.507. The van der Waals surface area contributed by atoms with Gasteiger partial charge in [-0.3, -0.25) is 4.99 Å². The molecule has 0 atom stereocenters. The molecule has 1 aromatic carbocycles. The number of aliphatic imine (C=N–C) groups is 1. The van der Waals surface area contributed by atoms with Crippen LogP contribution in [0.2, 0.25) is 5.02 Å². The second-order valence-corrected chi connectivity index (χ2v) is 3.56. The molecule has 1 N–H and O–H groups in total. The fraction of sp³-hybridized carbons (Fsp3) is 0. The van der Waals surface area contributed by atoms with Crippen molar-refractivity contribution in [3.05, 3.63) is 52.9 Å². The van der Waals surface area contributed by atoms with Crippen LogP contribution in [0.15, 0.2) is 45.8 Å². The van der Waals surface area contributed by atoms with Crippen molar-refractivity contribution in [2.24, 2.45) is 4.99 Å². The van der Waals surface area contributed by atoms with E-state index in [-0.39, 0.29) is 0 Å². The molecule has 2 aromatic rings. The standard InChI is InChI=1S/C12H9ClN2O/c13-9-2-1-3-10(6-9)15-8-12-5-4-11(7-14)16-12/h1-8,14H/b14-7?,15-8+. The highest BCUT2D eigenvalue weighted by molar-refractivity contribution is 6.30. The van der Waals surface area contributed by atoms with E-state index < -0.39 is 0 Å². The Balaban J connectivity index is 2.17. The molecule has 0 aliphatic carbocycles. The molecule has 0 saturated heterocycles. The van der Waals surface area contributed by atoms with E-state index in [9.17, 15) is 0 Å². The van der Waals surface area contributed by atoms with Crippen molar-refractivity contribution in [1.82, 2.24) is 0 Å². The lowest BCUT2D eigenvalue weighted by Crippen LogP contribution is -1.75. The van der Waals surface area contributed by atoms with Crippen molar-refractivity contribution >= 4 is 29.7 Å². The quantitative estimate of drug-likeness (QED) is 0.807. The second-order valence-electron chi connectivity index (χ2n) is 3.12. The smallest absolute Gasteiger partial charge is 0.145 e. The van der Waals surface area contributed by atoms with Crippen LogP contribution in [0.25, 0.3) is 0 Å². The van der Waals surface area contributed by atoms with Gasteiger partial charge in [-0.2, -0.15) is 0 Å². The molecule has 0 amide bonds. The fourth-order valence-corrected chi connectivity index (χ4v) is 1.39. The molecule has 1 aromatic heterocycles. The predicted octanol–water partition coefficient (Wildman–Crippen LogP) is 3.68. The largest absolute Gasteiger partial charge is 0.454 e. The predicted molar refractivity (Wildman–Crippen MR) is 65.3 cm³/mol. The normalized spacial score (nSPS) is 10.8. The SMILES string of the molecule is N=Cc1ccc(/C=N/c2cccc(Cl)c2)o1. The summed E-state index contributed by atoms with van der Waals surface area (Å²) in [5, 5.41) is 7.65. The Hall–Kier alpha value is -1.87. The number of hydrogen-bond donors (Lipinski definition) is 1. The molecule has 0 bridgehead atoms. The average molecular weight is 233 g/mol. The highest BCUT2D eigenvalue weighted by Gasteiger charge is 1.96. The Morgan fingerprint density at radius 2 is 2.00 bits per heavy atom. The van der Waals surface area contributed by atoms with E-state index in [0.29, 0.717) is 16.5 Å². The van der Waals surface area contributed by atoms with E-state index in [4.69, 9.17) is 21.4 Å². The van der Waals surface area contributed by atoms with Crippen molar-refractivity contribution in [2.75, 3.05) is 0 Å². The summed E-state index contributed by atoms with van der Waals surface area (Å²) in [7, 11) is 0. The van der Waals surface area contributed by atoms with Crippen LogP contribution < -0.4 is 0 Å². The number of nitrogens with one attached hydrogen (secondary N) is 1. The number of halogens is 1. The third kappa shape index (κ3) is 2.58. The first-order chi connectivity index (χ1) is 7.78. The van der Waals surface area contributed by atoms with Crippen LogP contribution in [0.4, 0.5) is 5.69 Å². The Bertz CT molecular complexity index is 531. The summed E-state index contributed by atoms with van der Waals surface area (Å²) < 4.78 is 5.26. The van der Waals surface area contributed by atoms with E-state index in [0.717, 1.165) is 11.9 Å². The summed E-state index contributed by atoms with van der Waals surface area (Å²) >= 11 is 5.83. The second kappa shape index (κ2) is 4.77. The summed E-state index contributed by atoms with van der Waals surface area (Å²) in [4.78, 5) is 4.21. The topological polar surface area (TPSA) is 49.4 Å². The van der Waals surface area contributed by atoms with Gasteiger partial charge in [0.05, 0.1) is 18.1 Å². The van der Waals surface area contributed by atoms with Gasteiger partial charge in [-0.1, -0.05) is 17.7 Å². The van der Waals surface area contributed by atoms with Crippen LogP contribution in [-0.2, 0) is 0 Å². The lowest BCUT2D eigenvalue weighted by atomic mass is 10.3. The Kier molecular flexibility index (Phi) is 3.17. The van der Waals surface area contributed by atoms with Gasteiger partial charge in [0.2, 0.25) is 0 Å². The maximum absolute atomic E-state index is 7.00. The summed E-state index contributed by atoms with van der Waals surface area (Å²) in [5.41, 5.74) is 0.764. The highest BCUT2D eigenvalue weighted by Crippen LogP contribution is 2.17. The number of furan rings is 1. The molecular formula is C12H9ClN2O. The van der Waals surface area contributed by atoms with Crippen molar-refractivity contribution in [3.63, 3.8) is 0 Å². The summed E-state index contributed by atoms with van der Waals surface area (Å²) in [6.45, 7) is 0. The third-order valence-corrected chi connectivity index (χ3v) is 2.17. The number of benzene rings is 1. The molecule has 0 radical (unpaired) electrons. The molecule has 0 aliphatic heterocycles. The van der Waals surface area contributed by atoms with Gasteiger partial charge in [0.1, 0.15) is 11.5 Å². The van der Waals surface area contributed by atoms with Crippen molar-refractivity contribution in [3.8, 4) is 0 Å². The molecule has 4 heteroatoms. The molecule has 3 nitrogen and oxygen atoms in total. The molecule has 0 fully saturated rings. The van der Waals surface area contributed by atoms with Gasteiger partial charge in [0.25, 0.3) is 0 Å². The monoisotopic (exact) mass is 232 g/mol. The van der Waals surface area contributed by atoms with Crippen molar-refractivity contribution in [2.45, 2.75) is 0 Å². The molecule has 80 valence electrons. The Labute approximate surface area is 97.9 Å². The number of nitrogens with zero attached hydrogens (tertiary/aromatic N) is 1. The Morgan fingerprint density at radius 1 is 1.19 bits per heavy atom. The minimum Gasteiger partial charge on any atom is -0.454 e. The molecule has 1 heterocycles. The molecule has 0 unspecified atom stereocenters. The van der Waals surface area contributed by atoms with Crippen molar-refractivity contribution in [1.29, 1.82) is 5.41 Å². The average Bonchev–Trinajstić information content (AvgIpc) is 2.74. The summed E-state index contributed by atoms with van der Waals surface area (Å²) in [5.74, 6) is 1.12. The van der Waals surface area contributed by atoms with Gasteiger partial charge in [-0.05, 0) is 30.3 Å². The zero-order valence-corrected chi connectivity index (χ0v) is 9.11. The van der Waals surface area contributed by atoms with Crippen LogP contribution in [0.3, 0.4) is 0 Å². The fourth-order valence-electron chi connectivity index (χ4n) is 1.21. The van der Waals surface area contributed by atoms with Gasteiger partial charge in [0.15, 0.2) is 0 Å². The van der Waals surface area contributed by atoms with E-state index in [1.807, 2.05) is 12.1 Å². The first-order valence-electron chi connectivity index (χ1n) is 4.68. The van der Waals surface area contributed by atoms with E-state index >= 15 is 0 Å². The van der Waals surface area contributed by atoms with E-state index in [2.05, 4.69) is 4.99 Å². The lowest BCUT2D eigenvalue weighted by Gasteiger charge is -1.92. The molecular weight excluding hydrogens is 224 g/mol. The number of rotatable bonds is 3. The first kappa shape index (κ1) is 10.6. The minimum atomic E-state index is 0.507. The molecule has 16 heavy (non-hydrogen) atoms. The van der Waals surface area contributed by atoms with Crippen LogP contribution in [0.5, 0.6) is 0 Å². The van der Waals surface area contributed by atoms with E-state index in [1.165, 1.54) is 0 Å². The highest BCUT2D eigenvalue weighted by atomic mass is 35.5. The van der Waals surface area contributed by atoms with Gasteiger partial charge >= 0.3 is 0 Å². The number of hydrogen-bond acceptors (Lipinski definition) is 3. The van der Waals surface area contributed by atoms with Crippen molar-refractivity contribution < 1.29 is 4.42 Å². The molecule has 0 saturated carbocycles. The van der Waals surface area contributed by atoms with Gasteiger partial charge in [0, 0.05) is 5.02 Å². The van der Waals surface area contributed by atoms with Crippen LogP contribution >= 0.6 is 11.6 Å². The lowest BCUT2D eigenvalue weighted by molar-refractivity contribution is 0.553.